The molecule has 0 spiro atoms. The zero-order chi connectivity index (χ0) is 15.9. The highest BCUT2D eigenvalue weighted by Gasteiger charge is 2.31. The van der Waals surface area contributed by atoms with Crippen molar-refractivity contribution in [1.82, 2.24) is 13.6 Å². The van der Waals surface area contributed by atoms with Crippen molar-refractivity contribution in [3.8, 4) is 0 Å². The molecule has 0 bridgehead atoms. The van der Waals surface area contributed by atoms with Crippen LogP contribution in [0.25, 0.3) is 10.9 Å². The monoisotopic (exact) mass is 321 g/mol. The number of rotatable bonds is 3. The molecule has 1 saturated heterocycles. The van der Waals surface area contributed by atoms with Gasteiger partial charge in [0.1, 0.15) is 0 Å². The van der Waals surface area contributed by atoms with Crippen molar-refractivity contribution in [1.29, 1.82) is 0 Å². The quantitative estimate of drug-likeness (QED) is 0.944. The predicted octanol–water partition coefficient (Wildman–Crippen LogP) is 2.46. The minimum absolute atomic E-state index is 0.233. The fourth-order valence-electron chi connectivity index (χ4n) is 3.13. The van der Waals surface area contributed by atoms with E-state index in [-0.39, 0.29) is 5.92 Å². The number of H-pyrrole nitrogens is 1. The van der Waals surface area contributed by atoms with Gasteiger partial charge in [-0.05, 0) is 43.4 Å². The van der Waals surface area contributed by atoms with Crippen LogP contribution in [0.4, 0.5) is 0 Å². The average molecular weight is 321 g/mol. The fraction of sp³-hybridized carbons (Fsp3) is 0.500. The molecule has 120 valence electrons. The lowest BCUT2D eigenvalue weighted by Gasteiger charge is -2.33. The molecule has 6 heteroatoms. The Balaban J connectivity index is 1.87. The van der Waals surface area contributed by atoms with E-state index in [0.717, 1.165) is 24.1 Å². The van der Waals surface area contributed by atoms with E-state index in [9.17, 15) is 8.42 Å². The molecule has 5 nitrogen and oxygen atoms in total. The van der Waals surface area contributed by atoms with Gasteiger partial charge in [-0.25, -0.2) is 0 Å². The van der Waals surface area contributed by atoms with Crippen LogP contribution in [0.15, 0.2) is 24.3 Å². The summed E-state index contributed by atoms with van der Waals surface area (Å²) in [6.45, 7) is 3.24. The van der Waals surface area contributed by atoms with Gasteiger partial charge in [-0.15, -0.1) is 0 Å². The van der Waals surface area contributed by atoms with E-state index in [0.29, 0.717) is 13.1 Å². The predicted molar refractivity (Wildman–Crippen MR) is 89.2 cm³/mol. The van der Waals surface area contributed by atoms with Crippen LogP contribution in [0.5, 0.6) is 0 Å². The molecule has 1 aliphatic heterocycles. The van der Waals surface area contributed by atoms with E-state index in [2.05, 4.69) is 36.2 Å². The van der Waals surface area contributed by atoms with E-state index >= 15 is 0 Å². The summed E-state index contributed by atoms with van der Waals surface area (Å²) in [6, 6.07) is 8.50. The SMILES string of the molecule is Cc1ccc2[nH]c(C3CCCN(S(=O)(=O)N(C)C)C3)cc2c1. The Hall–Kier alpha value is -1.37. The van der Waals surface area contributed by atoms with Crippen molar-refractivity contribution in [2.75, 3.05) is 27.2 Å². The van der Waals surface area contributed by atoms with Crippen molar-refractivity contribution >= 4 is 21.1 Å². The Labute approximate surface area is 132 Å². The molecule has 0 radical (unpaired) electrons. The van der Waals surface area contributed by atoms with Crippen LogP contribution >= 0.6 is 0 Å². The molecule has 1 atom stereocenters. The van der Waals surface area contributed by atoms with Crippen LogP contribution in [-0.4, -0.2) is 49.2 Å². The number of piperidine rings is 1. The summed E-state index contributed by atoms with van der Waals surface area (Å²) in [6.07, 6.45) is 1.91. The number of nitrogens with zero attached hydrogens (tertiary/aromatic N) is 2. The number of fused-ring (bicyclic) bond motifs is 1. The highest BCUT2D eigenvalue weighted by atomic mass is 32.2. The van der Waals surface area contributed by atoms with Gasteiger partial charge in [0.15, 0.2) is 0 Å². The highest BCUT2D eigenvalue weighted by Crippen LogP contribution is 2.30. The Morgan fingerprint density at radius 3 is 2.77 bits per heavy atom. The molecular weight excluding hydrogens is 298 g/mol. The lowest BCUT2D eigenvalue weighted by Crippen LogP contribution is -2.44. The first-order chi connectivity index (χ1) is 10.4. The lowest BCUT2D eigenvalue weighted by molar-refractivity contribution is 0.296. The standard InChI is InChI=1S/C16H23N3O2S/c1-12-6-7-15-14(9-12)10-16(17-15)13-5-4-8-19(11-13)22(20,21)18(2)3/h6-7,9-10,13,17H,4-5,8,11H2,1-3H3. The highest BCUT2D eigenvalue weighted by molar-refractivity contribution is 7.86. The first kappa shape index (κ1) is 15.5. The number of hydrogen-bond donors (Lipinski definition) is 1. The molecule has 0 amide bonds. The largest absolute Gasteiger partial charge is 0.358 e. The van der Waals surface area contributed by atoms with Gasteiger partial charge in [-0.1, -0.05) is 11.6 Å². The Kier molecular flexibility index (Phi) is 4.01. The number of aryl methyl sites for hydroxylation is 1. The summed E-state index contributed by atoms with van der Waals surface area (Å²) >= 11 is 0. The van der Waals surface area contributed by atoms with Crippen LogP contribution in [0.1, 0.15) is 30.0 Å². The number of aromatic amines is 1. The summed E-state index contributed by atoms with van der Waals surface area (Å²) in [5, 5.41) is 1.20. The van der Waals surface area contributed by atoms with Gasteiger partial charge in [0.2, 0.25) is 0 Å². The van der Waals surface area contributed by atoms with E-state index in [4.69, 9.17) is 0 Å². The van der Waals surface area contributed by atoms with Crippen molar-refractivity contribution < 1.29 is 8.42 Å². The van der Waals surface area contributed by atoms with Crippen LogP contribution in [-0.2, 0) is 10.2 Å². The number of hydrogen-bond acceptors (Lipinski definition) is 2. The average Bonchev–Trinajstić information content (AvgIpc) is 2.90. The second kappa shape index (κ2) is 5.68. The molecule has 1 N–H and O–H groups in total. The Morgan fingerprint density at radius 2 is 2.05 bits per heavy atom. The lowest BCUT2D eigenvalue weighted by atomic mass is 9.96. The zero-order valence-electron chi connectivity index (χ0n) is 13.3. The molecule has 1 unspecified atom stereocenters. The summed E-state index contributed by atoms with van der Waals surface area (Å²) in [4.78, 5) is 3.46. The number of benzene rings is 1. The van der Waals surface area contributed by atoms with Crippen LogP contribution in [0.3, 0.4) is 0 Å². The number of nitrogens with one attached hydrogen (secondary N) is 1. The smallest absolute Gasteiger partial charge is 0.281 e. The maximum atomic E-state index is 12.3. The minimum atomic E-state index is -3.32. The van der Waals surface area contributed by atoms with Crippen molar-refractivity contribution in [2.45, 2.75) is 25.7 Å². The Bertz CT molecular complexity index is 780. The van der Waals surface area contributed by atoms with Gasteiger partial charge < -0.3 is 4.98 Å². The molecule has 1 fully saturated rings. The molecule has 1 aromatic carbocycles. The molecule has 0 aliphatic carbocycles. The molecule has 2 heterocycles. The first-order valence-electron chi connectivity index (χ1n) is 7.65. The third-order valence-corrected chi connectivity index (χ3v) is 6.32. The topological polar surface area (TPSA) is 56.4 Å². The third-order valence-electron chi connectivity index (χ3n) is 4.41. The van der Waals surface area contributed by atoms with E-state index in [1.807, 2.05) is 0 Å². The van der Waals surface area contributed by atoms with Gasteiger partial charge in [0, 0.05) is 44.3 Å². The third kappa shape index (κ3) is 2.78. The number of aromatic nitrogens is 1. The van der Waals surface area contributed by atoms with Gasteiger partial charge in [0.25, 0.3) is 10.2 Å². The normalized spacial score (nSPS) is 20.8. The Morgan fingerprint density at radius 1 is 1.27 bits per heavy atom. The molecular formula is C16H23N3O2S. The second-order valence-electron chi connectivity index (χ2n) is 6.30. The first-order valence-corrected chi connectivity index (χ1v) is 9.04. The van der Waals surface area contributed by atoms with Crippen molar-refractivity contribution in [2.24, 2.45) is 0 Å². The molecule has 22 heavy (non-hydrogen) atoms. The summed E-state index contributed by atoms with van der Waals surface area (Å²) in [7, 11) is -0.149. The fourth-order valence-corrected chi connectivity index (χ4v) is 4.32. The molecule has 2 aromatic rings. The van der Waals surface area contributed by atoms with Crippen molar-refractivity contribution in [3.05, 3.63) is 35.5 Å². The molecule has 0 saturated carbocycles. The van der Waals surface area contributed by atoms with E-state index in [1.54, 1.807) is 18.4 Å². The van der Waals surface area contributed by atoms with Gasteiger partial charge >= 0.3 is 0 Å². The van der Waals surface area contributed by atoms with Crippen molar-refractivity contribution in [3.63, 3.8) is 0 Å². The second-order valence-corrected chi connectivity index (χ2v) is 8.45. The van der Waals surface area contributed by atoms with E-state index < -0.39 is 10.2 Å². The summed E-state index contributed by atoms with van der Waals surface area (Å²) in [5.41, 5.74) is 3.49. The van der Waals surface area contributed by atoms with Gasteiger partial charge in [-0.2, -0.15) is 17.0 Å². The maximum Gasteiger partial charge on any atom is 0.281 e. The van der Waals surface area contributed by atoms with Gasteiger partial charge in [-0.3, -0.25) is 0 Å². The van der Waals surface area contributed by atoms with Crippen LogP contribution in [0.2, 0.25) is 0 Å². The minimum Gasteiger partial charge on any atom is -0.358 e. The molecule has 3 rings (SSSR count). The maximum absolute atomic E-state index is 12.3. The molecule has 1 aromatic heterocycles. The summed E-state index contributed by atoms with van der Waals surface area (Å²) in [5.74, 6) is 0.233. The van der Waals surface area contributed by atoms with Crippen LogP contribution in [0, 0.1) is 6.92 Å². The zero-order valence-corrected chi connectivity index (χ0v) is 14.2. The summed E-state index contributed by atoms with van der Waals surface area (Å²) < 4.78 is 27.5. The van der Waals surface area contributed by atoms with Crippen LogP contribution < -0.4 is 0 Å². The van der Waals surface area contributed by atoms with E-state index in [1.165, 1.54) is 15.3 Å². The van der Waals surface area contributed by atoms with Gasteiger partial charge in [0.05, 0.1) is 0 Å². The molecule has 1 aliphatic rings.